The molecule has 20 heavy (non-hydrogen) atoms. The predicted molar refractivity (Wildman–Crippen MR) is 80.0 cm³/mol. The molecule has 1 saturated carbocycles. The van der Waals surface area contributed by atoms with E-state index in [0.29, 0.717) is 18.2 Å². The van der Waals surface area contributed by atoms with E-state index in [1.165, 1.54) is 18.4 Å². The maximum Gasteiger partial charge on any atom is 0.118 e. The van der Waals surface area contributed by atoms with E-state index < -0.39 is 0 Å². The summed E-state index contributed by atoms with van der Waals surface area (Å²) in [5.74, 6) is 1.73. The van der Waals surface area contributed by atoms with E-state index in [0.717, 1.165) is 31.1 Å². The zero-order valence-electron chi connectivity index (χ0n) is 12.5. The fourth-order valence-electron chi connectivity index (χ4n) is 3.22. The van der Waals surface area contributed by atoms with Gasteiger partial charge in [0.25, 0.3) is 0 Å². The molecule has 1 N–H and O–H groups in total. The minimum absolute atomic E-state index is 0.411. The van der Waals surface area contributed by atoms with E-state index in [2.05, 4.69) is 24.4 Å². The third kappa shape index (κ3) is 2.99. The molecule has 3 atom stereocenters. The molecule has 1 aliphatic carbocycles. The van der Waals surface area contributed by atoms with Crippen LogP contribution in [0.25, 0.3) is 0 Å². The molecule has 1 aromatic rings. The van der Waals surface area contributed by atoms with E-state index in [1.807, 2.05) is 12.1 Å². The molecule has 1 aliphatic heterocycles. The van der Waals surface area contributed by atoms with Gasteiger partial charge in [-0.05, 0) is 49.3 Å². The van der Waals surface area contributed by atoms with E-state index in [9.17, 15) is 0 Å². The summed E-state index contributed by atoms with van der Waals surface area (Å²) in [5.41, 5.74) is 1.34. The molecule has 110 valence electrons. The van der Waals surface area contributed by atoms with Crippen LogP contribution in [0.2, 0.25) is 0 Å². The van der Waals surface area contributed by atoms with E-state index in [1.54, 1.807) is 7.11 Å². The van der Waals surface area contributed by atoms with Crippen LogP contribution >= 0.6 is 0 Å². The molecule has 3 nitrogen and oxygen atoms in total. The Labute approximate surface area is 121 Å². The van der Waals surface area contributed by atoms with Crippen LogP contribution in [0.1, 0.15) is 44.2 Å². The maximum absolute atomic E-state index is 5.92. The Bertz CT molecular complexity index is 427. The Hall–Kier alpha value is -1.06. The smallest absolute Gasteiger partial charge is 0.118 e. The number of rotatable bonds is 6. The molecule has 1 aromatic carbocycles. The molecule has 2 aliphatic rings. The molecule has 0 aromatic heterocycles. The van der Waals surface area contributed by atoms with Crippen LogP contribution in [0.5, 0.6) is 5.75 Å². The van der Waals surface area contributed by atoms with Crippen molar-refractivity contribution in [3.8, 4) is 5.75 Å². The molecule has 1 heterocycles. The number of nitrogens with one attached hydrogen (secondary N) is 1. The first-order valence-electron chi connectivity index (χ1n) is 7.83. The van der Waals surface area contributed by atoms with Gasteiger partial charge in [0.2, 0.25) is 0 Å². The standard InChI is InChI=1S/C17H25NO2/c1-3-15(12-6-8-14(19-2)9-7-12)18-16-10-11-20-17(16)13-4-5-13/h6-9,13,15-18H,3-5,10-11H2,1-2H3. The Morgan fingerprint density at radius 1 is 1.25 bits per heavy atom. The quantitative estimate of drug-likeness (QED) is 0.864. The van der Waals surface area contributed by atoms with Gasteiger partial charge in [-0.15, -0.1) is 0 Å². The zero-order chi connectivity index (χ0) is 13.9. The molecule has 3 heteroatoms. The van der Waals surface area contributed by atoms with Crippen molar-refractivity contribution < 1.29 is 9.47 Å². The highest BCUT2D eigenvalue weighted by molar-refractivity contribution is 5.29. The van der Waals surface area contributed by atoms with Crippen LogP contribution in [-0.2, 0) is 4.74 Å². The number of hydrogen-bond acceptors (Lipinski definition) is 3. The van der Waals surface area contributed by atoms with Crippen molar-refractivity contribution in [2.24, 2.45) is 5.92 Å². The van der Waals surface area contributed by atoms with Crippen molar-refractivity contribution in [1.82, 2.24) is 5.32 Å². The third-order valence-electron chi connectivity index (χ3n) is 4.56. The number of benzene rings is 1. The van der Waals surface area contributed by atoms with Gasteiger partial charge in [-0.2, -0.15) is 0 Å². The van der Waals surface area contributed by atoms with Crippen molar-refractivity contribution in [3.63, 3.8) is 0 Å². The van der Waals surface area contributed by atoms with Crippen LogP contribution in [0, 0.1) is 5.92 Å². The predicted octanol–water partition coefficient (Wildman–Crippen LogP) is 3.30. The van der Waals surface area contributed by atoms with Gasteiger partial charge in [-0.25, -0.2) is 0 Å². The lowest BCUT2D eigenvalue weighted by Crippen LogP contribution is -2.39. The Balaban J connectivity index is 1.66. The Morgan fingerprint density at radius 2 is 2.00 bits per heavy atom. The van der Waals surface area contributed by atoms with Crippen molar-refractivity contribution in [3.05, 3.63) is 29.8 Å². The van der Waals surface area contributed by atoms with Gasteiger partial charge in [0, 0.05) is 18.7 Å². The van der Waals surface area contributed by atoms with Gasteiger partial charge in [-0.1, -0.05) is 19.1 Å². The summed E-state index contributed by atoms with van der Waals surface area (Å²) < 4.78 is 11.2. The summed E-state index contributed by atoms with van der Waals surface area (Å²) in [6, 6.07) is 9.36. The lowest BCUT2D eigenvalue weighted by atomic mass is 10.00. The molecule has 2 fully saturated rings. The van der Waals surface area contributed by atoms with Gasteiger partial charge in [0.1, 0.15) is 5.75 Å². The average molecular weight is 275 g/mol. The van der Waals surface area contributed by atoms with Crippen LogP contribution in [-0.4, -0.2) is 25.9 Å². The second-order valence-corrected chi connectivity index (χ2v) is 5.97. The molecule has 0 amide bonds. The normalized spacial score (nSPS) is 27.5. The first-order chi connectivity index (χ1) is 9.81. The van der Waals surface area contributed by atoms with Crippen molar-refractivity contribution in [2.75, 3.05) is 13.7 Å². The Kier molecular flexibility index (Phi) is 4.27. The summed E-state index contributed by atoms with van der Waals surface area (Å²) in [4.78, 5) is 0. The molecular formula is C17H25NO2. The second kappa shape index (κ2) is 6.15. The molecule has 0 radical (unpaired) electrons. The fourth-order valence-corrected chi connectivity index (χ4v) is 3.22. The molecular weight excluding hydrogens is 250 g/mol. The summed E-state index contributed by atoms with van der Waals surface area (Å²) in [5, 5.41) is 3.82. The SMILES string of the molecule is CCC(NC1CCOC1C1CC1)c1ccc(OC)cc1. The molecule has 0 spiro atoms. The van der Waals surface area contributed by atoms with Crippen LogP contribution in [0.15, 0.2) is 24.3 Å². The summed E-state index contributed by atoms with van der Waals surface area (Å²) >= 11 is 0. The first-order valence-corrected chi connectivity index (χ1v) is 7.83. The van der Waals surface area contributed by atoms with Gasteiger partial charge >= 0.3 is 0 Å². The first kappa shape index (κ1) is 13.9. The lowest BCUT2D eigenvalue weighted by Gasteiger charge is -2.26. The highest BCUT2D eigenvalue weighted by atomic mass is 16.5. The summed E-state index contributed by atoms with van der Waals surface area (Å²) in [6.07, 6.45) is 5.39. The van der Waals surface area contributed by atoms with Gasteiger partial charge < -0.3 is 14.8 Å². The largest absolute Gasteiger partial charge is 0.497 e. The van der Waals surface area contributed by atoms with Gasteiger partial charge in [-0.3, -0.25) is 0 Å². The topological polar surface area (TPSA) is 30.5 Å². The number of hydrogen-bond donors (Lipinski definition) is 1. The zero-order valence-corrected chi connectivity index (χ0v) is 12.5. The summed E-state index contributed by atoms with van der Waals surface area (Å²) in [7, 11) is 1.71. The highest BCUT2D eigenvalue weighted by Gasteiger charge is 2.41. The van der Waals surface area contributed by atoms with Crippen molar-refractivity contribution in [2.45, 2.75) is 50.8 Å². The molecule has 3 rings (SSSR count). The van der Waals surface area contributed by atoms with Crippen molar-refractivity contribution >= 4 is 0 Å². The average Bonchev–Trinajstić information content (AvgIpc) is 3.24. The Morgan fingerprint density at radius 3 is 2.60 bits per heavy atom. The number of ether oxygens (including phenoxy) is 2. The lowest BCUT2D eigenvalue weighted by molar-refractivity contribution is 0.0787. The van der Waals surface area contributed by atoms with E-state index in [-0.39, 0.29) is 0 Å². The molecule has 3 unspecified atom stereocenters. The van der Waals surface area contributed by atoms with Crippen LogP contribution < -0.4 is 10.1 Å². The van der Waals surface area contributed by atoms with E-state index in [4.69, 9.17) is 9.47 Å². The van der Waals surface area contributed by atoms with E-state index >= 15 is 0 Å². The minimum atomic E-state index is 0.411. The maximum atomic E-state index is 5.92. The van der Waals surface area contributed by atoms with Crippen LogP contribution in [0.3, 0.4) is 0 Å². The van der Waals surface area contributed by atoms with Crippen molar-refractivity contribution in [1.29, 1.82) is 0 Å². The minimum Gasteiger partial charge on any atom is -0.497 e. The summed E-state index contributed by atoms with van der Waals surface area (Å²) in [6.45, 7) is 3.15. The monoisotopic (exact) mass is 275 g/mol. The molecule has 1 saturated heterocycles. The van der Waals surface area contributed by atoms with Crippen LogP contribution in [0.4, 0.5) is 0 Å². The third-order valence-corrected chi connectivity index (χ3v) is 4.56. The number of methoxy groups -OCH3 is 1. The van der Waals surface area contributed by atoms with Gasteiger partial charge in [0.15, 0.2) is 0 Å². The molecule has 0 bridgehead atoms. The second-order valence-electron chi connectivity index (χ2n) is 5.97. The fraction of sp³-hybridized carbons (Fsp3) is 0.647. The van der Waals surface area contributed by atoms with Gasteiger partial charge in [0.05, 0.1) is 13.2 Å². The highest BCUT2D eigenvalue weighted by Crippen LogP contribution is 2.39.